The Hall–Kier alpha value is -3.25. The molecule has 0 amide bonds. The lowest BCUT2D eigenvalue weighted by molar-refractivity contribution is -0.0317. The van der Waals surface area contributed by atoms with Crippen molar-refractivity contribution in [1.82, 2.24) is 14.9 Å². The van der Waals surface area contributed by atoms with Crippen molar-refractivity contribution >= 4 is 22.3 Å². The minimum Gasteiger partial charge on any atom is -0.373 e. The number of likely N-dealkylation sites (tertiary alicyclic amines) is 1. The molecule has 0 bridgehead atoms. The Balaban J connectivity index is 1.18. The first-order chi connectivity index (χ1) is 18.0. The van der Waals surface area contributed by atoms with Crippen molar-refractivity contribution in [3.05, 3.63) is 59.5 Å². The van der Waals surface area contributed by atoms with Crippen LogP contribution in [0.3, 0.4) is 0 Å². The number of nitrogens with zero attached hydrogens (tertiary/aromatic N) is 6. The molecule has 192 valence electrons. The van der Waals surface area contributed by atoms with Gasteiger partial charge in [-0.15, -0.1) is 0 Å². The van der Waals surface area contributed by atoms with Crippen molar-refractivity contribution in [2.24, 2.45) is 0 Å². The molecule has 3 aliphatic heterocycles. The molecule has 6 rings (SSSR count). The number of rotatable bonds is 4. The van der Waals surface area contributed by atoms with Crippen LogP contribution in [0, 0.1) is 25.2 Å². The number of benzene rings is 1. The van der Waals surface area contributed by atoms with Gasteiger partial charge in [0, 0.05) is 73.6 Å². The van der Waals surface area contributed by atoms with Crippen LogP contribution in [0.1, 0.15) is 23.9 Å². The van der Waals surface area contributed by atoms with E-state index in [9.17, 15) is 5.26 Å². The maximum Gasteiger partial charge on any atom is 0.101 e. The average Bonchev–Trinajstić information content (AvgIpc) is 3.29. The summed E-state index contributed by atoms with van der Waals surface area (Å²) in [7, 11) is 0. The molecule has 0 N–H and O–H groups in total. The smallest absolute Gasteiger partial charge is 0.101 e. The minimum absolute atomic E-state index is 0.0881. The van der Waals surface area contributed by atoms with E-state index in [1.54, 1.807) is 6.20 Å². The quantitative estimate of drug-likeness (QED) is 0.542. The lowest BCUT2D eigenvalue weighted by atomic mass is 10.1. The first-order valence-corrected chi connectivity index (χ1v) is 13.2. The zero-order chi connectivity index (χ0) is 25.5. The summed E-state index contributed by atoms with van der Waals surface area (Å²) in [5.74, 6) is 0. The third-order valence-corrected chi connectivity index (χ3v) is 7.77. The first kappa shape index (κ1) is 24.1. The normalized spacial score (nSPS) is 26.3. The van der Waals surface area contributed by atoms with Crippen molar-refractivity contribution in [2.75, 3.05) is 55.7 Å². The highest BCUT2D eigenvalue weighted by atomic mass is 16.5. The number of aryl methyl sites for hydroxylation is 2. The highest BCUT2D eigenvalue weighted by molar-refractivity contribution is 5.95. The fourth-order valence-corrected chi connectivity index (χ4v) is 6.37. The van der Waals surface area contributed by atoms with Gasteiger partial charge in [-0.2, -0.15) is 5.26 Å². The summed E-state index contributed by atoms with van der Waals surface area (Å²) in [4.78, 5) is 16.5. The molecule has 1 aromatic carbocycles. The Morgan fingerprint density at radius 2 is 1.92 bits per heavy atom. The van der Waals surface area contributed by atoms with Gasteiger partial charge in [-0.3, -0.25) is 14.9 Å². The number of pyridine rings is 2. The minimum atomic E-state index is 0.0881. The van der Waals surface area contributed by atoms with Gasteiger partial charge < -0.3 is 19.3 Å². The predicted molar refractivity (Wildman–Crippen MR) is 144 cm³/mol. The zero-order valence-electron chi connectivity index (χ0n) is 21.8. The van der Waals surface area contributed by atoms with Gasteiger partial charge in [0.15, 0.2) is 0 Å². The van der Waals surface area contributed by atoms with Crippen LogP contribution in [-0.4, -0.2) is 85.1 Å². The molecule has 0 spiro atoms. The van der Waals surface area contributed by atoms with E-state index in [1.165, 1.54) is 5.69 Å². The molecular formula is C29H34N6O2. The van der Waals surface area contributed by atoms with Crippen LogP contribution in [0.5, 0.6) is 0 Å². The van der Waals surface area contributed by atoms with Crippen LogP contribution in [-0.2, 0) is 9.47 Å². The Labute approximate surface area is 218 Å². The molecular weight excluding hydrogens is 464 g/mol. The van der Waals surface area contributed by atoms with Gasteiger partial charge in [0.05, 0.1) is 42.0 Å². The van der Waals surface area contributed by atoms with Crippen molar-refractivity contribution < 1.29 is 9.47 Å². The maximum absolute atomic E-state index is 9.54. The second-order valence-corrected chi connectivity index (χ2v) is 10.6. The third kappa shape index (κ3) is 4.75. The number of fused-ring (bicyclic) bond motifs is 2. The Morgan fingerprint density at radius 1 is 1.08 bits per heavy atom. The van der Waals surface area contributed by atoms with E-state index in [0.717, 1.165) is 73.9 Å². The van der Waals surface area contributed by atoms with Crippen molar-refractivity contribution in [3.63, 3.8) is 0 Å². The van der Waals surface area contributed by atoms with Crippen molar-refractivity contribution in [3.8, 4) is 6.07 Å². The maximum atomic E-state index is 9.54. The number of ether oxygens (including phenoxy) is 2. The molecule has 0 radical (unpaired) electrons. The standard InChI is InChI=1S/C29H34N6O2/c1-19-11-23(12-20(2)32-19)35-9-10-36-28-18-33(17-27(28)35)15-24-16-34(14-21(3)37-24)26-7-6-22(13-30)29-25(26)5-4-8-31-29/h4-8,11-12,21,24,27-28H,9-10,14-18H2,1-3H3/t21-,24+,27-,28+/m1/s1. The van der Waals surface area contributed by atoms with Crippen LogP contribution in [0.25, 0.3) is 10.9 Å². The SMILES string of the molecule is Cc1cc(N2CCO[C@H]3CN(C[C@H]4CN(c5ccc(C#N)c6ncccc56)C[C@@H](C)O4)C[C@H]32)cc(C)n1. The van der Waals surface area contributed by atoms with Crippen LogP contribution in [0.4, 0.5) is 11.4 Å². The van der Waals surface area contributed by atoms with Gasteiger partial charge >= 0.3 is 0 Å². The summed E-state index contributed by atoms with van der Waals surface area (Å²) in [5.41, 5.74) is 5.86. The number of anilines is 2. The average molecular weight is 499 g/mol. The largest absolute Gasteiger partial charge is 0.373 e. The van der Waals surface area contributed by atoms with Gasteiger partial charge in [0.25, 0.3) is 0 Å². The molecule has 37 heavy (non-hydrogen) atoms. The predicted octanol–water partition coefficient (Wildman–Crippen LogP) is 3.30. The van der Waals surface area contributed by atoms with E-state index in [0.29, 0.717) is 11.6 Å². The summed E-state index contributed by atoms with van der Waals surface area (Å²) >= 11 is 0. The number of hydrogen-bond acceptors (Lipinski definition) is 8. The second kappa shape index (κ2) is 9.90. The van der Waals surface area contributed by atoms with E-state index >= 15 is 0 Å². The first-order valence-electron chi connectivity index (χ1n) is 13.2. The van der Waals surface area contributed by atoms with E-state index in [-0.39, 0.29) is 18.3 Å². The molecule has 3 fully saturated rings. The molecule has 5 heterocycles. The Morgan fingerprint density at radius 3 is 2.73 bits per heavy atom. The Kier molecular flexibility index (Phi) is 6.45. The highest BCUT2D eigenvalue weighted by Crippen LogP contribution is 2.32. The number of morpholine rings is 2. The number of aromatic nitrogens is 2. The molecule has 8 heteroatoms. The molecule has 0 unspecified atom stereocenters. The van der Waals surface area contributed by atoms with Gasteiger partial charge in [0.1, 0.15) is 6.07 Å². The van der Waals surface area contributed by atoms with Gasteiger partial charge in [-0.05, 0) is 57.2 Å². The van der Waals surface area contributed by atoms with Crippen LogP contribution in [0.15, 0.2) is 42.6 Å². The summed E-state index contributed by atoms with van der Waals surface area (Å²) < 4.78 is 12.7. The summed E-state index contributed by atoms with van der Waals surface area (Å²) in [5, 5.41) is 10.6. The van der Waals surface area contributed by atoms with E-state index in [2.05, 4.69) is 75.8 Å². The molecule has 3 aliphatic rings. The highest BCUT2D eigenvalue weighted by Gasteiger charge is 2.41. The van der Waals surface area contributed by atoms with Crippen LogP contribution < -0.4 is 9.80 Å². The molecule has 3 saturated heterocycles. The van der Waals surface area contributed by atoms with Gasteiger partial charge in [-0.25, -0.2) is 0 Å². The summed E-state index contributed by atoms with van der Waals surface area (Å²) in [6.07, 6.45) is 2.16. The number of nitriles is 1. The van der Waals surface area contributed by atoms with E-state index in [4.69, 9.17) is 9.47 Å². The third-order valence-electron chi connectivity index (χ3n) is 7.77. The fraction of sp³-hybridized carbons (Fsp3) is 0.483. The van der Waals surface area contributed by atoms with Gasteiger partial charge in [0.2, 0.25) is 0 Å². The fourth-order valence-electron chi connectivity index (χ4n) is 6.37. The lowest BCUT2D eigenvalue weighted by Gasteiger charge is -2.40. The van der Waals surface area contributed by atoms with E-state index in [1.807, 2.05) is 12.1 Å². The molecule has 3 aromatic rings. The summed E-state index contributed by atoms with van der Waals surface area (Å²) in [6.45, 7) is 12.3. The lowest BCUT2D eigenvalue weighted by Crippen LogP contribution is -2.51. The topological polar surface area (TPSA) is 77.8 Å². The zero-order valence-corrected chi connectivity index (χ0v) is 21.8. The van der Waals surface area contributed by atoms with Crippen LogP contribution in [0.2, 0.25) is 0 Å². The molecule has 2 aromatic heterocycles. The van der Waals surface area contributed by atoms with Crippen LogP contribution >= 0.6 is 0 Å². The molecule has 0 aliphatic carbocycles. The monoisotopic (exact) mass is 498 g/mol. The van der Waals surface area contributed by atoms with Crippen molar-refractivity contribution in [2.45, 2.75) is 45.1 Å². The van der Waals surface area contributed by atoms with E-state index < -0.39 is 0 Å². The second-order valence-electron chi connectivity index (χ2n) is 10.6. The molecule has 4 atom stereocenters. The van der Waals surface area contributed by atoms with Crippen molar-refractivity contribution in [1.29, 1.82) is 5.26 Å². The molecule has 0 saturated carbocycles. The van der Waals surface area contributed by atoms with Gasteiger partial charge in [-0.1, -0.05) is 0 Å². The summed E-state index contributed by atoms with van der Waals surface area (Å²) in [6, 6.07) is 15.0. The Bertz CT molecular complexity index is 1320. The number of hydrogen-bond donors (Lipinski definition) is 0. The molecule has 8 nitrogen and oxygen atoms in total.